The van der Waals surface area contributed by atoms with Crippen molar-refractivity contribution in [2.24, 2.45) is 5.92 Å². The van der Waals surface area contributed by atoms with E-state index in [2.05, 4.69) is 26.8 Å². The Morgan fingerprint density at radius 3 is 2.38 bits per heavy atom. The molecule has 0 bridgehead atoms. The molecule has 0 aliphatic rings. The van der Waals surface area contributed by atoms with E-state index < -0.39 is 0 Å². The third-order valence-corrected chi connectivity index (χ3v) is 2.61. The average molecular weight is 226 g/mol. The highest BCUT2D eigenvalue weighted by Crippen LogP contribution is 2.16. The topological polar surface area (TPSA) is 26.3 Å². The molecule has 0 rings (SSSR count). The lowest BCUT2D eigenvalue weighted by Crippen LogP contribution is -2.13. The quantitative estimate of drug-likeness (QED) is 0.589. The zero-order chi connectivity index (χ0) is 12.6. The zero-order valence-corrected chi connectivity index (χ0v) is 11.4. The molecule has 0 aromatic carbocycles. The Kier molecular flexibility index (Phi) is 8.18. The molecule has 0 heterocycles. The van der Waals surface area contributed by atoms with Gasteiger partial charge in [0.25, 0.3) is 0 Å². The van der Waals surface area contributed by atoms with Crippen LogP contribution in [-0.4, -0.2) is 19.0 Å². The maximum Gasteiger partial charge on any atom is 0.130 e. The van der Waals surface area contributed by atoms with Gasteiger partial charge in [0.05, 0.1) is 6.10 Å². The molecule has 0 fully saturated rings. The second-order valence-corrected chi connectivity index (χ2v) is 4.98. The predicted octanol–water partition coefficient (Wildman–Crippen LogP) is 3.75. The summed E-state index contributed by atoms with van der Waals surface area (Å²) in [6, 6.07) is 0. The highest BCUT2D eigenvalue weighted by molar-refractivity contribution is 5.75. The Balaban J connectivity index is 3.98. The molecular weight excluding hydrogens is 200 g/mol. The van der Waals surface area contributed by atoms with Crippen LogP contribution in [0.2, 0.25) is 0 Å². The number of ether oxygens (including phenoxy) is 1. The lowest BCUT2D eigenvalue weighted by atomic mass is 9.99. The van der Waals surface area contributed by atoms with Crippen LogP contribution in [0.1, 0.15) is 53.4 Å². The van der Waals surface area contributed by atoms with E-state index in [9.17, 15) is 4.79 Å². The summed E-state index contributed by atoms with van der Waals surface area (Å²) in [6.07, 6.45) is 6.06. The molecule has 0 aromatic heterocycles. The van der Waals surface area contributed by atoms with Gasteiger partial charge in [-0.05, 0) is 39.0 Å². The van der Waals surface area contributed by atoms with Gasteiger partial charge in [-0.25, -0.2) is 0 Å². The van der Waals surface area contributed by atoms with Crippen molar-refractivity contribution >= 4 is 5.78 Å². The first-order valence-corrected chi connectivity index (χ1v) is 6.13. The summed E-state index contributed by atoms with van der Waals surface area (Å²) < 4.78 is 5.45. The second kappa shape index (κ2) is 8.51. The van der Waals surface area contributed by atoms with E-state index in [1.807, 2.05) is 0 Å². The lowest BCUT2D eigenvalue weighted by molar-refractivity contribution is -0.116. The number of methoxy groups -OCH3 is 1. The number of ketones is 1. The third kappa shape index (κ3) is 8.66. The molecule has 0 aliphatic heterocycles. The fourth-order valence-corrected chi connectivity index (χ4v) is 1.75. The van der Waals surface area contributed by atoms with Crippen molar-refractivity contribution in [2.75, 3.05) is 7.11 Å². The predicted molar refractivity (Wildman–Crippen MR) is 68.5 cm³/mol. The molecule has 1 unspecified atom stereocenters. The summed E-state index contributed by atoms with van der Waals surface area (Å²) in [5.74, 6) is 0.921. The van der Waals surface area contributed by atoms with Gasteiger partial charge in [0.15, 0.2) is 0 Å². The average Bonchev–Trinajstić information content (AvgIpc) is 2.15. The number of Topliss-reactive ketones (excluding diaryl/α,β-unsaturated/α-hetero) is 1. The molecule has 0 amide bonds. The van der Waals surface area contributed by atoms with Gasteiger partial charge < -0.3 is 9.53 Å². The Labute approximate surface area is 100 Å². The van der Waals surface area contributed by atoms with Crippen LogP contribution in [0.3, 0.4) is 0 Å². The third-order valence-electron chi connectivity index (χ3n) is 2.61. The summed E-state index contributed by atoms with van der Waals surface area (Å²) in [4.78, 5) is 10.8. The molecule has 94 valence electrons. The minimum absolute atomic E-state index is 0.259. The van der Waals surface area contributed by atoms with Gasteiger partial charge in [-0.1, -0.05) is 25.5 Å². The molecule has 16 heavy (non-hydrogen) atoms. The van der Waals surface area contributed by atoms with Crippen molar-refractivity contribution in [1.29, 1.82) is 0 Å². The molecule has 0 spiro atoms. The summed E-state index contributed by atoms with van der Waals surface area (Å²) in [5, 5.41) is 0. The summed E-state index contributed by atoms with van der Waals surface area (Å²) in [5.41, 5.74) is 1.33. The van der Waals surface area contributed by atoms with Gasteiger partial charge in [-0.3, -0.25) is 0 Å². The molecule has 0 N–H and O–H groups in total. The molecule has 2 nitrogen and oxygen atoms in total. The SMILES string of the molecule is COC(CC(C)=CCCC(C)=O)CC(C)C. The minimum Gasteiger partial charge on any atom is -0.381 e. The number of carbonyl (C=O) groups is 1. The van der Waals surface area contributed by atoms with Crippen LogP contribution in [0.15, 0.2) is 11.6 Å². The van der Waals surface area contributed by atoms with Gasteiger partial charge in [-0.15, -0.1) is 0 Å². The Bertz CT molecular complexity index is 229. The van der Waals surface area contributed by atoms with E-state index in [1.54, 1.807) is 14.0 Å². The number of carbonyl (C=O) groups excluding carboxylic acids is 1. The van der Waals surface area contributed by atoms with E-state index in [0.29, 0.717) is 18.4 Å². The molecule has 0 saturated heterocycles. The number of hydrogen-bond acceptors (Lipinski definition) is 2. The molecule has 0 radical (unpaired) electrons. The van der Waals surface area contributed by atoms with Crippen LogP contribution in [0, 0.1) is 5.92 Å². The standard InChI is InChI=1S/C14H26O2/c1-11(2)9-14(16-5)10-12(3)7-6-8-13(4)15/h7,11,14H,6,8-10H2,1-5H3. The van der Waals surface area contributed by atoms with Gasteiger partial charge in [0.1, 0.15) is 5.78 Å². The summed E-state index contributed by atoms with van der Waals surface area (Å²) >= 11 is 0. The van der Waals surface area contributed by atoms with E-state index in [0.717, 1.165) is 19.3 Å². The summed E-state index contributed by atoms with van der Waals surface area (Å²) in [7, 11) is 1.77. The largest absolute Gasteiger partial charge is 0.381 e. The van der Waals surface area contributed by atoms with Gasteiger partial charge in [-0.2, -0.15) is 0 Å². The Morgan fingerprint density at radius 1 is 1.31 bits per heavy atom. The molecule has 0 aliphatic carbocycles. The minimum atomic E-state index is 0.259. The fourth-order valence-electron chi connectivity index (χ4n) is 1.75. The normalized spacial score (nSPS) is 14.2. The first-order valence-electron chi connectivity index (χ1n) is 6.13. The highest BCUT2D eigenvalue weighted by Gasteiger charge is 2.10. The van der Waals surface area contributed by atoms with Crippen LogP contribution in [0.25, 0.3) is 0 Å². The van der Waals surface area contributed by atoms with Crippen molar-refractivity contribution < 1.29 is 9.53 Å². The van der Waals surface area contributed by atoms with Gasteiger partial charge in [0, 0.05) is 13.5 Å². The smallest absolute Gasteiger partial charge is 0.130 e. The molecule has 0 aromatic rings. The van der Waals surface area contributed by atoms with E-state index in [1.165, 1.54) is 5.57 Å². The van der Waals surface area contributed by atoms with E-state index in [4.69, 9.17) is 4.74 Å². The van der Waals surface area contributed by atoms with Crippen molar-refractivity contribution in [1.82, 2.24) is 0 Å². The Morgan fingerprint density at radius 2 is 1.94 bits per heavy atom. The number of allylic oxidation sites excluding steroid dienone is 1. The van der Waals surface area contributed by atoms with Crippen molar-refractivity contribution in [3.63, 3.8) is 0 Å². The van der Waals surface area contributed by atoms with E-state index in [-0.39, 0.29) is 5.78 Å². The van der Waals surface area contributed by atoms with Crippen molar-refractivity contribution in [3.8, 4) is 0 Å². The first kappa shape index (κ1) is 15.4. The maximum absolute atomic E-state index is 10.8. The van der Waals surface area contributed by atoms with Crippen LogP contribution in [-0.2, 0) is 9.53 Å². The van der Waals surface area contributed by atoms with Crippen LogP contribution in [0.4, 0.5) is 0 Å². The highest BCUT2D eigenvalue weighted by atomic mass is 16.5. The second-order valence-electron chi connectivity index (χ2n) is 4.98. The molecular formula is C14H26O2. The first-order chi connectivity index (χ1) is 7.45. The van der Waals surface area contributed by atoms with Gasteiger partial charge in [0.2, 0.25) is 0 Å². The summed E-state index contributed by atoms with van der Waals surface area (Å²) in [6.45, 7) is 8.17. The van der Waals surface area contributed by atoms with Crippen LogP contribution >= 0.6 is 0 Å². The number of hydrogen-bond donors (Lipinski definition) is 0. The fraction of sp³-hybridized carbons (Fsp3) is 0.786. The maximum atomic E-state index is 10.8. The van der Waals surface area contributed by atoms with Crippen LogP contribution < -0.4 is 0 Å². The zero-order valence-electron chi connectivity index (χ0n) is 11.4. The van der Waals surface area contributed by atoms with Crippen molar-refractivity contribution in [2.45, 2.75) is 59.5 Å². The van der Waals surface area contributed by atoms with Gasteiger partial charge >= 0.3 is 0 Å². The van der Waals surface area contributed by atoms with Crippen molar-refractivity contribution in [3.05, 3.63) is 11.6 Å². The molecule has 1 atom stereocenters. The van der Waals surface area contributed by atoms with E-state index >= 15 is 0 Å². The Hall–Kier alpha value is -0.630. The monoisotopic (exact) mass is 226 g/mol. The molecule has 0 saturated carbocycles. The van der Waals surface area contributed by atoms with Crippen LogP contribution in [0.5, 0.6) is 0 Å². The lowest BCUT2D eigenvalue weighted by Gasteiger charge is -2.17. The number of rotatable bonds is 8. The molecule has 2 heteroatoms.